The number of aryl methyl sites for hydroxylation is 1. The van der Waals surface area contributed by atoms with Gasteiger partial charge in [0.2, 0.25) is 5.91 Å². The molecule has 1 atom stereocenters. The maximum atomic E-state index is 12.1. The molecule has 148 valence electrons. The molecule has 0 spiro atoms. The Morgan fingerprint density at radius 3 is 2.50 bits per heavy atom. The van der Waals surface area contributed by atoms with Gasteiger partial charge in [0.05, 0.1) is 26.2 Å². The minimum Gasteiger partial charge on any atom is -0.493 e. The van der Waals surface area contributed by atoms with Crippen LogP contribution in [-0.4, -0.2) is 43.6 Å². The van der Waals surface area contributed by atoms with Crippen LogP contribution in [-0.2, 0) is 11.2 Å². The van der Waals surface area contributed by atoms with Crippen molar-refractivity contribution in [3.63, 3.8) is 0 Å². The molecule has 1 unspecified atom stereocenters. The molecule has 2 aromatic carbocycles. The third kappa shape index (κ3) is 4.11. The standard InChI is InChI=1S/C22H27N3O3/c1-22(14-20(26)25(2)21(23)24-22)11-10-15-6-5-7-16(12-15)17-8-9-18(27-3)19(13-17)28-4/h5-9,12-13H,10-11,14H2,1-4H3,(H2,23,24). The predicted octanol–water partition coefficient (Wildman–Crippen LogP) is 3.24. The lowest BCUT2D eigenvalue weighted by atomic mass is 9.88. The topological polar surface area (TPSA) is 77.2 Å². The fraction of sp³-hybridized carbons (Fsp3) is 0.364. The number of amides is 1. The van der Waals surface area contributed by atoms with Crippen LogP contribution in [0.5, 0.6) is 11.5 Å². The van der Waals surface area contributed by atoms with Crippen molar-refractivity contribution in [3.8, 4) is 22.6 Å². The lowest BCUT2D eigenvalue weighted by Gasteiger charge is -2.33. The van der Waals surface area contributed by atoms with Gasteiger partial charge < -0.3 is 15.2 Å². The van der Waals surface area contributed by atoms with Crippen LogP contribution in [0.25, 0.3) is 11.1 Å². The lowest BCUT2D eigenvalue weighted by Crippen LogP contribution is -2.48. The average Bonchev–Trinajstić information content (AvgIpc) is 2.70. The minimum atomic E-state index is -0.465. The van der Waals surface area contributed by atoms with Crippen molar-refractivity contribution in [3.05, 3.63) is 48.0 Å². The second-order valence-corrected chi connectivity index (χ2v) is 7.37. The first-order valence-corrected chi connectivity index (χ1v) is 9.28. The molecule has 6 heteroatoms. The summed E-state index contributed by atoms with van der Waals surface area (Å²) >= 11 is 0. The Kier molecular flexibility index (Phi) is 5.58. The van der Waals surface area contributed by atoms with Crippen LogP contribution in [0.1, 0.15) is 25.3 Å². The van der Waals surface area contributed by atoms with Gasteiger partial charge in [0.1, 0.15) is 0 Å². The SMILES string of the molecule is COc1ccc(-c2cccc(CCC3(C)CC(=O)N(C)C(N)=N3)c2)cc1OC. The Hall–Kier alpha value is -3.02. The quantitative estimate of drug-likeness (QED) is 0.833. The fourth-order valence-electron chi connectivity index (χ4n) is 3.44. The Balaban J connectivity index is 1.78. The smallest absolute Gasteiger partial charge is 0.231 e. The number of hydrogen-bond donors (Lipinski definition) is 1. The number of rotatable bonds is 6. The van der Waals surface area contributed by atoms with Crippen molar-refractivity contribution in [1.29, 1.82) is 0 Å². The first-order valence-electron chi connectivity index (χ1n) is 9.28. The van der Waals surface area contributed by atoms with Crippen molar-refractivity contribution < 1.29 is 14.3 Å². The summed E-state index contributed by atoms with van der Waals surface area (Å²) < 4.78 is 10.7. The van der Waals surface area contributed by atoms with Gasteiger partial charge in [-0.15, -0.1) is 0 Å². The van der Waals surface area contributed by atoms with Crippen LogP contribution < -0.4 is 15.2 Å². The number of ether oxygens (including phenoxy) is 2. The van der Waals surface area contributed by atoms with E-state index < -0.39 is 5.54 Å². The van der Waals surface area contributed by atoms with Crippen LogP contribution in [0.3, 0.4) is 0 Å². The van der Waals surface area contributed by atoms with Gasteiger partial charge in [-0.05, 0) is 48.6 Å². The highest BCUT2D eigenvalue weighted by atomic mass is 16.5. The van der Waals surface area contributed by atoms with Gasteiger partial charge >= 0.3 is 0 Å². The third-order valence-electron chi connectivity index (χ3n) is 5.23. The largest absolute Gasteiger partial charge is 0.493 e. The molecule has 0 aromatic heterocycles. The lowest BCUT2D eigenvalue weighted by molar-refractivity contribution is -0.128. The number of nitrogens with zero attached hydrogens (tertiary/aromatic N) is 2. The molecular weight excluding hydrogens is 354 g/mol. The molecule has 6 nitrogen and oxygen atoms in total. The van der Waals surface area contributed by atoms with Crippen molar-refractivity contribution >= 4 is 11.9 Å². The number of aliphatic imine (C=N–C) groups is 1. The number of carbonyl (C=O) groups is 1. The van der Waals surface area contributed by atoms with E-state index >= 15 is 0 Å². The summed E-state index contributed by atoms with van der Waals surface area (Å²) in [5, 5.41) is 0. The van der Waals surface area contributed by atoms with E-state index in [9.17, 15) is 4.79 Å². The van der Waals surface area contributed by atoms with Gasteiger partial charge in [0.15, 0.2) is 17.5 Å². The zero-order chi connectivity index (χ0) is 20.3. The molecular formula is C22H27N3O3. The molecule has 0 saturated heterocycles. The van der Waals surface area contributed by atoms with Gasteiger partial charge in [0, 0.05) is 7.05 Å². The number of methoxy groups -OCH3 is 2. The monoisotopic (exact) mass is 381 g/mol. The van der Waals surface area contributed by atoms with Gasteiger partial charge in [-0.1, -0.05) is 30.3 Å². The highest BCUT2D eigenvalue weighted by Gasteiger charge is 2.34. The van der Waals surface area contributed by atoms with Gasteiger partial charge in [-0.25, -0.2) is 4.99 Å². The van der Waals surface area contributed by atoms with Crippen molar-refractivity contribution in [2.45, 2.75) is 31.7 Å². The van der Waals surface area contributed by atoms with Crippen LogP contribution in [0, 0.1) is 0 Å². The highest BCUT2D eigenvalue weighted by Crippen LogP contribution is 2.33. The molecule has 0 radical (unpaired) electrons. The van der Waals surface area contributed by atoms with Crippen LogP contribution in [0.2, 0.25) is 0 Å². The Bertz CT molecular complexity index is 910. The predicted molar refractivity (Wildman–Crippen MR) is 111 cm³/mol. The summed E-state index contributed by atoms with van der Waals surface area (Å²) in [5.41, 5.74) is 8.78. The number of carbonyl (C=O) groups excluding carboxylic acids is 1. The van der Waals surface area contributed by atoms with Crippen molar-refractivity contribution in [1.82, 2.24) is 4.90 Å². The van der Waals surface area contributed by atoms with E-state index in [4.69, 9.17) is 15.2 Å². The van der Waals surface area contributed by atoms with E-state index in [2.05, 4.69) is 23.2 Å². The number of nitrogens with two attached hydrogens (primary N) is 1. The van der Waals surface area contributed by atoms with Crippen molar-refractivity contribution in [2.24, 2.45) is 10.7 Å². The minimum absolute atomic E-state index is 0.00841. The maximum absolute atomic E-state index is 12.1. The van der Waals surface area contributed by atoms with Gasteiger partial charge in [-0.3, -0.25) is 9.69 Å². The highest BCUT2D eigenvalue weighted by molar-refractivity contribution is 5.98. The molecule has 0 bridgehead atoms. The van der Waals surface area contributed by atoms with E-state index in [0.717, 1.165) is 24.0 Å². The van der Waals surface area contributed by atoms with Gasteiger partial charge in [-0.2, -0.15) is 0 Å². The van der Waals surface area contributed by atoms with Crippen LogP contribution in [0.15, 0.2) is 47.5 Å². The van der Waals surface area contributed by atoms with Gasteiger partial charge in [0.25, 0.3) is 0 Å². The summed E-state index contributed by atoms with van der Waals surface area (Å²) in [6, 6.07) is 14.3. The second kappa shape index (κ2) is 7.92. The summed E-state index contributed by atoms with van der Waals surface area (Å²) in [6.45, 7) is 1.99. The van der Waals surface area contributed by atoms with Crippen molar-refractivity contribution in [2.75, 3.05) is 21.3 Å². The first-order chi connectivity index (χ1) is 13.3. The zero-order valence-electron chi connectivity index (χ0n) is 16.9. The Labute approximate surface area is 166 Å². The summed E-state index contributed by atoms with van der Waals surface area (Å²) in [4.78, 5) is 18.1. The first kappa shape index (κ1) is 19.7. The Morgan fingerprint density at radius 2 is 1.82 bits per heavy atom. The van der Waals surface area contributed by atoms with E-state index in [-0.39, 0.29) is 11.9 Å². The van der Waals surface area contributed by atoms with E-state index in [1.54, 1.807) is 21.3 Å². The maximum Gasteiger partial charge on any atom is 0.231 e. The summed E-state index contributed by atoms with van der Waals surface area (Å²) in [5.74, 6) is 1.71. The van der Waals surface area contributed by atoms with Crippen LogP contribution >= 0.6 is 0 Å². The molecule has 0 fully saturated rings. The number of benzene rings is 2. The van der Waals surface area contributed by atoms with E-state index in [1.165, 1.54) is 10.5 Å². The molecule has 0 aliphatic carbocycles. The molecule has 2 N–H and O–H groups in total. The third-order valence-corrected chi connectivity index (χ3v) is 5.23. The summed E-state index contributed by atoms with van der Waals surface area (Å²) in [6.07, 6.45) is 1.94. The fourth-order valence-corrected chi connectivity index (χ4v) is 3.44. The Morgan fingerprint density at radius 1 is 1.11 bits per heavy atom. The number of hydrogen-bond acceptors (Lipinski definition) is 5. The molecule has 0 saturated carbocycles. The molecule has 1 heterocycles. The molecule has 28 heavy (non-hydrogen) atoms. The molecule has 3 rings (SSSR count). The summed E-state index contributed by atoms with van der Waals surface area (Å²) in [7, 11) is 4.92. The molecule has 1 aliphatic rings. The molecule has 2 aromatic rings. The van der Waals surface area contributed by atoms with E-state index in [1.807, 2.05) is 31.2 Å². The zero-order valence-corrected chi connectivity index (χ0v) is 16.9. The van der Waals surface area contributed by atoms with E-state index in [0.29, 0.717) is 17.9 Å². The number of guanidine groups is 1. The van der Waals surface area contributed by atoms with Crippen LogP contribution in [0.4, 0.5) is 0 Å². The molecule has 1 aliphatic heterocycles. The normalized spacial score (nSPS) is 19.4. The molecule has 1 amide bonds. The average molecular weight is 381 g/mol. The second-order valence-electron chi connectivity index (χ2n) is 7.37.